The molecule has 0 aliphatic rings. The fourth-order valence-corrected chi connectivity index (χ4v) is 2.00. The van der Waals surface area contributed by atoms with Gasteiger partial charge in [0.1, 0.15) is 18.5 Å². The Bertz CT molecular complexity index is 639. The number of imidazole rings is 1. The van der Waals surface area contributed by atoms with Crippen molar-refractivity contribution < 1.29 is 19.4 Å². The van der Waals surface area contributed by atoms with Gasteiger partial charge in [0.25, 0.3) is 0 Å². The van der Waals surface area contributed by atoms with E-state index in [0.717, 1.165) is 5.56 Å². The first-order chi connectivity index (χ1) is 10.6. The van der Waals surface area contributed by atoms with E-state index < -0.39 is 18.1 Å². The van der Waals surface area contributed by atoms with Crippen molar-refractivity contribution in [2.75, 3.05) is 0 Å². The average Bonchev–Trinajstić information content (AvgIpc) is 2.91. The van der Waals surface area contributed by atoms with E-state index in [1.54, 1.807) is 24.0 Å². The second-order valence-electron chi connectivity index (χ2n) is 4.75. The first kappa shape index (κ1) is 15.6. The van der Waals surface area contributed by atoms with Gasteiger partial charge in [0.05, 0.1) is 6.42 Å². The number of aromatic nitrogens is 2. The van der Waals surface area contributed by atoms with Crippen molar-refractivity contribution in [1.82, 2.24) is 14.9 Å². The molecule has 0 aliphatic carbocycles. The molecular formula is C15H17N3O4. The van der Waals surface area contributed by atoms with Crippen molar-refractivity contribution in [2.24, 2.45) is 7.05 Å². The fraction of sp³-hybridized carbons (Fsp3) is 0.267. The van der Waals surface area contributed by atoms with Crippen molar-refractivity contribution in [3.8, 4) is 0 Å². The molecule has 7 heteroatoms. The predicted molar refractivity (Wildman–Crippen MR) is 78.0 cm³/mol. The number of aliphatic carboxylic acids is 1. The van der Waals surface area contributed by atoms with E-state index in [0.29, 0.717) is 5.82 Å². The molecule has 2 aromatic rings. The van der Waals surface area contributed by atoms with E-state index in [9.17, 15) is 9.59 Å². The molecule has 0 spiro atoms. The highest BCUT2D eigenvalue weighted by molar-refractivity contribution is 5.71. The van der Waals surface area contributed by atoms with E-state index in [-0.39, 0.29) is 13.0 Å². The number of ether oxygens (including phenoxy) is 1. The summed E-state index contributed by atoms with van der Waals surface area (Å²) in [6.45, 7) is 0.118. The third-order valence-corrected chi connectivity index (χ3v) is 3.05. The lowest BCUT2D eigenvalue weighted by molar-refractivity contribution is -0.137. The average molecular weight is 303 g/mol. The highest BCUT2D eigenvalue weighted by Gasteiger charge is 2.22. The molecule has 2 rings (SSSR count). The lowest BCUT2D eigenvalue weighted by Crippen LogP contribution is -2.32. The molecule has 0 bridgehead atoms. The number of benzene rings is 1. The van der Waals surface area contributed by atoms with Crippen LogP contribution in [0.3, 0.4) is 0 Å². The van der Waals surface area contributed by atoms with E-state index >= 15 is 0 Å². The highest BCUT2D eigenvalue weighted by atomic mass is 16.5. The second-order valence-corrected chi connectivity index (χ2v) is 4.75. The molecular weight excluding hydrogens is 286 g/mol. The Labute approximate surface area is 127 Å². The van der Waals surface area contributed by atoms with Crippen LogP contribution >= 0.6 is 0 Å². The van der Waals surface area contributed by atoms with Crippen LogP contribution in [0.25, 0.3) is 0 Å². The quantitative estimate of drug-likeness (QED) is 0.849. The Hall–Kier alpha value is -2.83. The van der Waals surface area contributed by atoms with Gasteiger partial charge >= 0.3 is 12.1 Å². The molecule has 2 N–H and O–H groups in total. The van der Waals surface area contributed by atoms with Crippen LogP contribution in [0, 0.1) is 0 Å². The third kappa shape index (κ3) is 4.34. The number of carboxylic acids is 1. The topological polar surface area (TPSA) is 93.5 Å². The van der Waals surface area contributed by atoms with Crippen LogP contribution in [0.1, 0.15) is 23.9 Å². The summed E-state index contributed by atoms with van der Waals surface area (Å²) in [6.07, 6.45) is 2.27. The zero-order valence-corrected chi connectivity index (χ0v) is 12.1. The van der Waals surface area contributed by atoms with Crippen LogP contribution in [0.4, 0.5) is 4.79 Å². The Morgan fingerprint density at radius 3 is 2.68 bits per heavy atom. The maximum atomic E-state index is 11.9. The summed E-state index contributed by atoms with van der Waals surface area (Å²) in [5.74, 6) is -0.574. The fourth-order valence-electron chi connectivity index (χ4n) is 2.00. The first-order valence-corrected chi connectivity index (χ1v) is 6.72. The molecule has 0 fully saturated rings. The van der Waals surface area contributed by atoms with E-state index in [1.165, 1.54) is 0 Å². The van der Waals surface area contributed by atoms with Gasteiger partial charge in [-0.05, 0) is 5.56 Å². The Balaban J connectivity index is 1.96. The molecule has 0 saturated carbocycles. The molecule has 1 amide bonds. The third-order valence-electron chi connectivity index (χ3n) is 3.05. The SMILES string of the molecule is Cn1ccnc1[C@@H](CC(=O)O)NC(=O)OCc1ccccc1. The zero-order valence-electron chi connectivity index (χ0n) is 12.1. The lowest BCUT2D eigenvalue weighted by Gasteiger charge is -2.16. The second kappa shape index (κ2) is 7.26. The zero-order chi connectivity index (χ0) is 15.9. The number of carboxylic acid groups (broad SMARTS) is 1. The number of nitrogens with one attached hydrogen (secondary N) is 1. The van der Waals surface area contributed by atoms with Crippen molar-refractivity contribution in [2.45, 2.75) is 19.1 Å². The molecule has 1 atom stereocenters. The maximum Gasteiger partial charge on any atom is 0.408 e. The molecule has 0 radical (unpaired) electrons. The molecule has 0 unspecified atom stereocenters. The molecule has 1 heterocycles. The number of aryl methyl sites for hydroxylation is 1. The van der Waals surface area contributed by atoms with Crippen LogP contribution in [0.5, 0.6) is 0 Å². The summed E-state index contributed by atoms with van der Waals surface area (Å²) in [6, 6.07) is 8.48. The van der Waals surface area contributed by atoms with E-state index in [1.807, 2.05) is 30.3 Å². The van der Waals surface area contributed by atoms with Gasteiger partial charge in [0.15, 0.2) is 0 Å². The van der Waals surface area contributed by atoms with Crippen molar-refractivity contribution in [3.05, 3.63) is 54.1 Å². The smallest absolute Gasteiger partial charge is 0.408 e. The minimum absolute atomic E-state index is 0.118. The van der Waals surface area contributed by atoms with Gasteiger partial charge in [-0.2, -0.15) is 0 Å². The van der Waals surface area contributed by atoms with Gasteiger partial charge in [0.2, 0.25) is 0 Å². The number of nitrogens with zero attached hydrogens (tertiary/aromatic N) is 2. The number of hydrogen-bond acceptors (Lipinski definition) is 4. The van der Waals surface area contributed by atoms with Crippen molar-refractivity contribution in [3.63, 3.8) is 0 Å². The number of carbonyl (C=O) groups excluding carboxylic acids is 1. The van der Waals surface area contributed by atoms with Crippen LogP contribution in [0.2, 0.25) is 0 Å². The Morgan fingerprint density at radius 1 is 1.36 bits per heavy atom. The largest absolute Gasteiger partial charge is 0.481 e. The first-order valence-electron chi connectivity index (χ1n) is 6.72. The van der Waals surface area contributed by atoms with Gasteiger partial charge in [-0.15, -0.1) is 0 Å². The number of rotatable bonds is 6. The summed E-state index contributed by atoms with van der Waals surface area (Å²) >= 11 is 0. The summed E-state index contributed by atoms with van der Waals surface area (Å²) in [5.41, 5.74) is 0.851. The Kier molecular flexibility index (Phi) is 5.13. The molecule has 22 heavy (non-hydrogen) atoms. The molecule has 116 valence electrons. The van der Waals surface area contributed by atoms with Gasteiger partial charge in [-0.1, -0.05) is 30.3 Å². The van der Waals surface area contributed by atoms with Gasteiger partial charge in [0, 0.05) is 19.4 Å². The summed E-state index contributed by atoms with van der Waals surface area (Å²) in [5, 5.41) is 11.5. The summed E-state index contributed by atoms with van der Waals surface area (Å²) in [4.78, 5) is 26.9. The number of alkyl carbamates (subject to hydrolysis) is 1. The molecule has 1 aromatic heterocycles. The van der Waals surface area contributed by atoms with E-state index in [4.69, 9.17) is 9.84 Å². The minimum Gasteiger partial charge on any atom is -0.481 e. The molecule has 0 saturated heterocycles. The normalized spacial score (nSPS) is 11.7. The highest BCUT2D eigenvalue weighted by Crippen LogP contribution is 2.14. The van der Waals surface area contributed by atoms with E-state index in [2.05, 4.69) is 10.3 Å². The number of hydrogen-bond donors (Lipinski definition) is 2. The minimum atomic E-state index is -1.03. The monoisotopic (exact) mass is 303 g/mol. The van der Waals surface area contributed by atoms with Gasteiger partial charge in [-0.25, -0.2) is 9.78 Å². The number of carbonyl (C=O) groups is 2. The van der Waals surface area contributed by atoms with Crippen LogP contribution in [0.15, 0.2) is 42.7 Å². The van der Waals surface area contributed by atoms with Crippen LogP contribution < -0.4 is 5.32 Å². The van der Waals surface area contributed by atoms with Crippen LogP contribution in [-0.4, -0.2) is 26.7 Å². The summed E-state index contributed by atoms with van der Waals surface area (Å²) in [7, 11) is 1.73. The molecule has 1 aromatic carbocycles. The molecule has 0 aliphatic heterocycles. The summed E-state index contributed by atoms with van der Waals surface area (Å²) < 4.78 is 6.76. The standard InChI is InChI=1S/C15H17N3O4/c1-18-8-7-16-14(18)12(9-13(19)20)17-15(21)22-10-11-5-3-2-4-6-11/h2-8,12H,9-10H2,1H3,(H,17,21)(H,19,20)/t12-/m1/s1. The van der Waals surface area contributed by atoms with Crippen molar-refractivity contribution in [1.29, 1.82) is 0 Å². The van der Waals surface area contributed by atoms with Gasteiger partial charge in [-0.3, -0.25) is 4.79 Å². The van der Waals surface area contributed by atoms with Crippen LogP contribution in [-0.2, 0) is 23.2 Å². The Morgan fingerprint density at radius 2 is 2.09 bits per heavy atom. The number of amides is 1. The predicted octanol–water partition coefficient (Wildman–Crippen LogP) is 1.86. The van der Waals surface area contributed by atoms with Gasteiger partial charge < -0.3 is 19.7 Å². The lowest BCUT2D eigenvalue weighted by atomic mass is 10.2. The van der Waals surface area contributed by atoms with Crippen molar-refractivity contribution >= 4 is 12.1 Å². The molecule has 7 nitrogen and oxygen atoms in total. The maximum absolute atomic E-state index is 11.9.